The van der Waals surface area contributed by atoms with Crippen LogP contribution in [0.1, 0.15) is 32.6 Å². The molecule has 0 saturated heterocycles. The predicted molar refractivity (Wildman–Crippen MR) is 47.7 cm³/mol. The molecule has 0 aliphatic heterocycles. The molecule has 0 aliphatic carbocycles. The lowest BCUT2D eigenvalue weighted by Crippen LogP contribution is -2.01. The molecule has 2 atom stereocenters. The number of nitriles is 2. The maximum Gasteiger partial charge on any atom is 0.0655 e. The van der Waals surface area contributed by atoms with Gasteiger partial charge < -0.3 is 0 Å². The first-order chi connectivity index (χ1) is 5.78. The molecular formula is C10H15N2. The van der Waals surface area contributed by atoms with Crippen LogP contribution in [0.2, 0.25) is 0 Å². The van der Waals surface area contributed by atoms with Crippen LogP contribution in [0.5, 0.6) is 0 Å². The Balaban J connectivity index is 3.67. The molecule has 0 N–H and O–H groups in total. The van der Waals surface area contributed by atoms with Crippen molar-refractivity contribution in [2.45, 2.75) is 32.6 Å². The summed E-state index contributed by atoms with van der Waals surface area (Å²) in [5.41, 5.74) is 0. The molecule has 0 aliphatic rings. The molecule has 0 heterocycles. The number of hydrogen-bond donors (Lipinski definition) is 0. The van der Waals surface area contributed by atoms with Crippen LogP contribution in [0.15, 0.2) is 0 Å². The average molecular weight is 163 g/mol. The van der Waals surface area contributed by atoms with E-state index < -0.39 is 0 Å². The van der Waals surface area contributed by atoms with Crippen LogP contribution in [0, 0.1) is 41.4 Å². The fourth-order valence-corrected chi connectivity index (χ4v) is 1.04. The maximum atomic E-state index is 8.64. The van der Waals surface area contributed by atoms with E-state index in [1.165, 1.54) is 0 Å². The van der Waals surface area contributed by atoms with Crippen molar-refractivity contribution in [2.75, 3.05) is 0 Å². The minimum Gasteiger partial charge on any atom is -0.198 e. The van der Waals surface area contributed by atoms with Crippen molar-refractivity contribution < 1.29 is 0 Å². The molecule has 0 saturated carbocycles. The van der Waals surface area contributed by atoms with Crippen LogP contribution < -0.4 is 0 Å². The molecule has 0 aromatic carbocycles. The monoisotopic (exact) mass is 163 g/mol. The lowest BCUT2D eigenvalue weighted by Gasteiger charge is -2.07. The molecule has 2 nitrogen and oxygen atoms in total. The summed E-state index contributed by atoms with van der Waals surface area (Å²) in [5, 5.41) is 17.2. The number of nitrogens with zero attached hydrogens (tertiary/aromatic N) is 2. The minimum absolute atomic E-state index is 0.0346. The molecular weight excluding hydrogens is 148 g/mol. The Labute approximate surface area is 74.8 Å². The van der Waals surface area contributed by atoms with Crippen LogP contribution in [-0.4, -0.2) is 0 Å². The van der Waals surface area contributed by atoms with E-state index in [0.29, 0.717) is 6.42 Å². The lowest BCUT2D eigenvalue weighted by atomic mass is 9.94. The summed E-state index contributed by atoms with van der Waals surface area (Å²) in [6, 6.07) is 4.41. The van der Waals surface area contributed by atoms with E-state index in [1.54, 1.807) is 0 Å². The highest BCUT2D eigenvalue weighted by Crippen LogP contribution is 2.16. The second kappa shape index (κ2) is 6.68. The van der Waals surface area contributed by atoms with Crippen LogP contribution in [0.4, 0.5) is 0 Å². The highest BCUT2D eigenvalue weighted by atomic mass is 14.3. The van der Waals surface area contributed by atoms with Gasteiger partial charge in [-0.3, -0.25) is 0 Å². The number of hydrogen-bond acceptors (Lipinski definition) is 2. The van der Waals surface area contributed by atoms with Crippen molar-refractivity contribution in [1.82, 2.24) is 0 Å². The summed E-state index contributed by atoms with van der Waals surface area (Å²) in [6.07, 6.45) is 3.18. The minimum atomic E-state index is 0.0346. The van der Waals surface area contributed by atoms with Gasteiger partial charge >= 0.3 is 0 Å². The van der Waals surface area contributed by atoms with Gasteiger partial charge in [-0.1, -0.05) is 13.8 Å². The van der Waals surface area contributed by atoms with Gasteiger partial charge in [-0.2, -0.15) is 10.5 Å². The third-order valence-corrected chi connectivity index (χ3v) is 2.07. The highest BCUT2D eigenvalue weighted by Gasteiger charge is 2.09. The first-order valence-corrected chi connectivity index (χ1v) is 4.36. The standard InChI is InChI=1S/C10H15N2/c1-3-9(7-11)5-6-10(4-2)8-12/h9-10H,1,3-6H2,2H3. The van der Waals surface area contributed by atoms with Crippen molar-refractivity contribution in [3.05, 3.63) is 6.92 Å². The zero-order chi connectivity index (χ0) is 9.40. The Bertz CT molecular complexity index is 163. The zero-order valence-electron chi connectivity index (χ0n) is 7.58. The fraction of sp³-hybridized carbons (Fsp3) is 0.700. The third kappa shape index (κ3) is 3.98. The van der Waals surface area contributed by atoms with E-state index >= 15 is 0 Å². The first kappa shape index (κ1) is 11.0. The maximum absolute atomic E-state index is 8.64. The van der Waals surface area contributed by atoms with E-state index in [-0.39, 0.29) is 11.8 Å². The molecule has 0 rings (SSSR count). The summed E-state index contributed by atoms with van der Waals surface area (Å²) in [5.74, 6) is 0.153. The molecule has 0 aromatic rings. The van der Waals surface area contributed by atoms with Gasteiger partial charge in [0.2, 0.25) is 0 Å². The topological polar surface area (TPSA) is 47.6 Å². The Morgan fingerprint density at radius 1 is 1.17 bits per heavy atom. The molecule has 0 fully saturated rings. The van der Waals surface area contributed by atoms with Gasteiger partial charge in [-0.25, -0.2) is 0 Å². The summed E-state index contributed by atoms with van der Waals surface area (Å²) < 4.78 is 0. The fourth-order valence-electron chi connectivity index (χ4n) is 1.04. The van der Waals surface area contributed by atoms with Crippen LogP contribution >= 0.6 is 0 Å². The molecule has 12 heavy (non-hydrogen) atoms. The van der Waals surface area contributed by atoms with Gasteiger partial charge in [-0.05, 0) is 25.7 Å². The van der Waals surface area contributed by atoms with E-state index in [9.17, 15) is 0 Å². The van der Waals surface area contributed by atoms with Gasteiger partial charge in [-0.15, -0.1) is 0 Å². The Hall–Kier alpha value is -1.02. The summed E-state index contributed by atoms with van der Waals surface area (Å²) in [4.78, 5) is 0. The molecule has 1 radical (unpaired) electrons. The summed E-state index contributed by atoms with van der Waals surface area (Å²) in [6.45, 7) is 5.68. The molecule has 65 valence electrons. The molecule has 0 aromatic heterocycles. The highest BCUT2D eigenvalue weighted by molar-refractivity contribution is 4.87. The predicted octanol–water partition coefficient (Wildman–Crippen LogP) is 2.68. The number of rotatable bonds is 5. The third-order valence-electron chi connectivity index (χ3n) is 2.07. The molecule has 2 unspecified atom stereocenters. The Kier molecular flexibility index (Phi) is 6.11. The largest absolute Gasteiger partial charge is 0.198 e. The van der Waals surface area contributed by atoms with Crippen molar-refractivity contribution in [3.8, 4) is 12.1 Å². The van der Waals surface area contributed by atoms with Gasteiger partial charge in [0.05, 0.1) is 12.1 Å². The Morgan fingerprint density at radius 3 is 2.00 bits per heavy atom. The van der Waals surface area contributed by atoms with E-state index in [4.69, 9.17) is 10.5 Å². The quantitative estimate of drug-likeness (QED) is 0.625. The summed E-state index contributed by atoms with van der Waals surface area (Å²) >= 11 is 0. The molecule has 0 spiro atoms. The van der Waals surface area contributed by atoms with Crippen molar-refractivity contribution in [2.24, 2.45) is 11.8 Å². The molecule has 0 bridgehead atoms. The first-order valence-electron chi connectivity index (χ1n) is 4.36. The normalized spacial score (nSPS) is 14.3. The van der Waals surface area contributed by atoms with Crippen LogP contribution in [0.25, 0.3) is 0 Å². The van der Waals surface area contributed by atoms with Gasteiger partial charge in [0.15, 0.2) is 0 Å². The van der Waals surface area contributed by atoms with Gasteiger partial charge in [0.1, 0.15) is 0 Å². The summed E-state index contributed by atoms with van der Waals surface area (Å²) in [7, 11) is 0. The second-order valence-electron chi connectivity index (χ2n) is 2.93. The van der Waals surface area contributed by atoms with Crippen molar-refractivity contribution in [1.29, 1.82) is 10.5 Å². The van der Waals surface area contributed by atoms with E-state index in [2.05, 4.69) is 19.1 Å². The van der Waals surface area contributed by atoms with E-state index in [1.807, 2.05) is 6.92 Å². The Morgan fingerprint density at radius 2 is 1.67 bits per heavy atom. The average Bonchev–Trinajstić information content (AvgIpc) is 2.13. The van der Waals surface area contributed by atoms with E-state index in [0.717, 1.165) is 19.3 Å². The van der Waals surface area contributed by atoms with Crippen LogP contribution in [0.3, 0.4) is 0 Å². The molecule has 2 heteroatoms. The SMILES string of the molecule is [CH2]CC(C#N)CCC(C#N)CC. The smallest absolute Gasteiger partial charge is 0.0655 e. The van der Waals surface area contributed by atoms with Crippen LogP contribution in [-0.2, 0) is 0 Å². The molecule has 0 amide bonds. The van der Waals surface area contributed by atoms with Crippen molar-refractivity contribution >= 4 is 0 Å². The zero-order valence-corrected chi connectivity index (χ0v) is 7.58. The van der Waals surface area contributed by atoms with Gasteiger partial charge in [0.25, 0.3) is 0 Å². The second-order valence-corrected chi connectivity index (χ2v) is 2.93. The van der Waals surface area contributed by atoms with Crippen molar-refractivity contribution in [3.63, 3.8) is 0 Å². The van der Waals surface area contributed by atoms with Gasteiger partial charge in [0, 0.05) is 11.8 Å². The lowest BCUT2D eigenvalue weighted by molar-refractivity contribution is 0.492.